The Bertz CT molecular complexity index is 388. The van der Waals surface area contributed by atoms with Gasteiger partial charge in [-0.1, -0.05) is 43.5 Å². The fourth-order valence-corrected chi connectivity index (χ4v) is 2.81. The molecule has 2 heteroatoms. The summed E-state index contributed by atoms with van der Waals surface area (Å²) in [6.45, 7) is 1.89. The van der Waals surface area contributed by atoms with E-state index in [1.807, 2.05) is 6.92 Å². The molecule has 1 aromatic carbocycles. The SMILES string of the molecule is COC(=O)[C@@H](C)c1ccc(C2CCCCC2)cc1. The number of ether oxygens (including phenoxy) is 1. The smallest absolute Gasteiger partial charge is 0.312 e. The molecule has 0 N–H and O–H groups in total. The van der Waals surface area contributed by atoms with Gasteiger partial charge < -0.3 is 4.74 Å². The molecule has 18 heavy (non-hydrogen) atoms. The molecule has 0 saturated heterocycles. The zero-order chi connectivity index (χ0) is 13.0. The van der Waals surface area contributed by atoms with Crippen molar-refractivity contribution in [1.29, 1.82) is 0 Å². The van der Waals surface area contributed by atoms with Gasteiger partial charge in [-0.2, -0.15) is 0 Å². The van der Waals surface area contributed by atoms with Crippen molar-refractivity contribution in [2.45, 2.75) is 50.9 Å². The van der Waals surface area contributed by atoms with E-state index in [9.17, 15) is 4.79 Å². The van der Waals surface area contributed by atoms with Gasteiger partial charge in [-0.15, -0.1) is 0 Å². The van der Waals surface area contributed by atoms with E-state index in [1.54, 1.807) is 0 Å². The summed E-state index contributed by atoms with van der Waals surface area (Å²) in [6.07, 6.45) is 6.71. The molecule has 0 unspecified atom stereocenters. The van der Waals surface area contributed by atoms with Gasteiger partial charge in [0.1, 0.15) is 0 Å². The van der Waals surface area contributed by atoms with Crippen LogP contribution in [0.1, 0.15) is 62.0 Å². The van der Waals surface area contributed by atoms with Gasteiger partial charge in [-0.05, 0) is 36.8 Å². The third-order valence-electron chi connectivity index (χ3n) is 4.07. The maximum atomic E-state index is 11.5. The zero-order valence-corrected chi connectivity index (χ0v) is 11.3. The van der Waals surface area contributed by atoms with Gasteiger partial charge in [-0.25, -0.2) is 0 Å². The third-order valence-corrected chi connectivity index (χ3v) is 4.07. The molecule has 2 nitrogen and oxygen atoms in total. The topological polar surface area (TPSA) is 26.3 Å². The summed E-state index contributed by atoms with van der Waals surface area (Å²) in [6, 6.07) is 8.52. The molecule has 0 radical (unpaired) electrons. The Hall–Kier alpha value is -1.31. The number of carbonyl (C=O) groups excluding carboxylic acids is 1. The molecular formula is C16H22O2. The second kappa shape index (κ2) is 6.03. The molecule has 1 saturated carbocycles. The molecule has 0 aromatic heterocycles. The first kappa shape index (κ1) is 13.1. The highest BCUT2D eigenvalue weighted by Gasteiger charge is 2.18. The van der Waals surface area contributed by atoms with Gasteiger partial charge in [0.15, 0.2) is 0 Å². The van der Waals surface area contributed by atoms with E-state index in [4.69, 9.17) is 4.74 Å². The standard InChI is InChI=1S/C16H22O2/c1-12(16(17)18-2)13-8-10-15(11-9-13)14-6-4-3-5-7-14/h8-12,14H,3-7H2,1-2H3/t12-/m0/s1. The van der Waals surface area contributed by atoms with E-state index in [0.717, 1.165) is 11.5 Å². The lowest BCUT2D eigenvalue weighted by Crippen LogP contribution is -2.11. The highest BCUT2D eigenvalue weighted by molar-refractivity contribution is 5.77. The second-order valence-electron chi connectivity index (χ2n) is 5.25. The molecule has 1 aromatic rings. The van der Waals surface area contributed by atoms with Gasteiger partial charge >= 0.3 is 5.97 Å². The van der Waals surface area contributed by atoms with Crippen LogP contribution in [0.5, 0.6) is 0 Å². The Kier molecular flexibility index (Phi) is 4.40. The summed E-state index contributed by atoms with van der Waals surface area (Å²) in [7, 11) is 1.44. The Morgan fingerprint density at radius 3 is 2.33 bits per heavy atom. The van der Waals surface area contributed by atoms with Gasteiger partial charge in [0.05, 0.1) is 13.0 Å². The largest absolute Gasteiger partial charge is 0.469 e. The lowest BCUT2D eigenvalue weighted by atomic mass is 9.83. The average molecular weight is 246 g/mol. The number of methoxy groups -OCH3 is 1. The van der Waals surface area contributed by atoms with E-state index in [2.05, 4.69) is 24.3 Å². The van der Waals surface area contributed by atoms with Crippen molar-refractivity contribution in [3.63, 3.8) is 0 Å². The summed E-state index contributed by atoms with van der Waals surface area (Å²) >= 11 is 0. The van der Waals surface area contributed by atoms with E-state index >= 15 is 0 Å². The first-order chi connectivity index (χ1) is 8.72. The van der Waals surface area contributed by atoms with Crippen LogP contribution in [0.15, 0.2) is 24.3 Å². The molecule has 2 rings (SSSR count). The number of hydrogen-bond donors (Lipinski definition) is 0. The predicted molar refractivity (Wildman–Crippen MR) is 72.7 cm³/mol. The molecule has 0 heterocycles. The molecule has 0 amide bonds. The van der Waals surface area contributed by atoms with E-state index < -0.39 is 0 Å². The molecule has 0 bridgehead atoms. The van der Waals surface area contributed by atoms with Gasteiger partial charge in [0, 0.05) is 0 Å². The number of rotatable bonds is 3. The minimum absolute atomic E-state index is 0.166. The van der Waals surface area contributed by atoms with Crippen LogP contribution >= 0.6 is 0 Å². The molecule has 1 atom stereocenters. The van der Waals surface area contributed by atoms with Crippen LogP contribution < -0.4 is 0 Å². The predicted octanol–water partition coefficient (Wildman–Crippen LogP) is 4.01. The summed E-state index contributed by atoms with van der Waals surface area (Å²) in [5.41, 5.74) is 2.47. The van der Waals surface area contributed by atoms with Gasteiger partial charge in [-0.3, -0.25) is 4.79 Å². The normalized spacial score (nSPS) is 18.3. The molecule has 0 aliphatic heterocycles. The Balaban J connectivity index is 2.07. The van der Waals surface area contributed by atoms with Crippen molar-refractivity contribution in [2.75, 3.05) is 7.11 Å². The summed E-state index contributed by atoms with van der Waals surface area (Å²) in [4.78, 5) is 11.5. The Morgan fingerprint density at radius 1 is 1.17 bits per heavy atom. The van der Waals surface area contributed by atoms with Crippen LogP contribution in [0.25, 0.3) is 0 Å². The van der Waals surface area contributed by atoms with Crippen molar-refractivity contribution in [3.8, 4) is 0 Å². The molecule has 0 spiro atoms. The first-order valence-corrected chi connectivity index (χ1v) is 6.90. The van der Waals surface area contributed by atoms with Crippen molar-refractivity contribution < 1.29 is 9.53 Å². The Labute approximate surface area is 109 Å². The zero-order valence-electron chi connectivity index (χ0n) is 11.3. The molecule has 1 fully saturated rings. The highest BCUT2D eigenvalue weighted by Crippen LogP contribution is 2.33. The van der Waals surface area contributed by atoms with E-state index in [1.165, 1.54) is 44.8 Å². The number of carbonyl (C=O) groups is 1. The molecule has 1 aliphatic rings. The number of esters is 1. The van der Waals surface area contributed by atoms with E-state index in [-0.39, 0.29) is 11.9 Å². The summed E-state index contributed by atoms with van der Waals surface area (Å²) < 4.78 is 4.77. The van der Waals surface area contributed by atoms with Crippen molar-refractivity contribution in [1.82, 2.24) is 0 Å². The lowest BCUT2D eigenvalue weighted by Gasteiger charge is -2.22. The van der Waals surface area contributed by atoms with Crippen LogP contribution in [0.3, 0.4) is 0 Å². The number of hydrogen-bond acceptors (Lipinski definition) is 2. The van der Waals surface area contributed by atoms with Crippen LogP contribution in [0, 0.1) is 0 Å². The van der Waals surface area contributed by atoms with Crippen LogP contribution in [0.4, 0.5) is 0 Å². The summed E-state index contributed by atoms with van der Waals surface area (Å²) in [5.74, 6) is 0.386. The van der Waals surface area contributed by atoms with Crippen LogP contribution in [-0.4, -0.2) is 13.1 Å². The summed E-state index contributed by atoms with van der Waals surface area (Å²) in [5, 5.41) is 0. The first-order valence-electron chi connectivity index (χ1n) is 6.90. The minimum Gasteiger partial charge on any atom is -0.469 e. The highest BCUT2D eigenvalue weighted by atomic mass is 16.5. The molecule has 98 valence electrons. The van der Waals surface area contributed by atoms with Crippen molar-refractivity contribution in [3.05, 3.63) is 35.4 Å². The maximum absolute atomic E-state index is 11.5. The maximum Gasteiger partial charge on any atom is 0.312 e. The fourth-order valence-electron chi connectivity index (χ4n) is 2.81. The quantitative estimate of drug-likeness (QED) is 0.753. The van der Waals surface area contributed by atoms with Crippen LogP contribution in [-0.2, 0) is 9.53 Å². The van der Waals surface area contributed by atoms with Crippen molar-refractivity contribution >= 4 is 5.97 Å². The molecular weight excluding hydrogens is 224 g/mol. The monoisotopic (exact) mass is 246 g/mol. The second-order valence-corrected chi connectivity index (χ2v) is 5.25. The van der Waals surface area contributed by atoms with Crippen LogP contribution in [0.2, 0.25) is 0 Å². The van der Waals surface area contributed by atoms with Crippen molar-refractivity contribution in [2.24, 2.45) is 0 Å². The minimum atomic E-state index is -0.171. The van der Waals surface area contributed by atoms with Gasteiger partial charge in [0.25, 0.3) is 0 Å². The lowest BCUT2D eigenvalue weighted by molar-refractivity contribution is -0.141. The van der Waals surface area contributed by atoms with E-state index in [0.29, 0.717) is 0 Å². The Morgan fingerprint density at radius 2 is 1.78 bits per heavy atom. The fraction of sp³-hybridized carbons (Fsp3) is 0.562. The van der Waals surface area contributed by atoms with Gasteiger partial charge in [0.2, 0.25) is 0 Å². The average Bonchev–Trinajstić information content (AvgIpc) is 2.47. The third kappa shape index (κ3) is 2.92. The number of benzene rings is 1. The molecule has 1 aliphatic carbocycles.